The summed E-state index contributed by atoms with van der Waals surface area (Å²) in [5, 5.41) is 8.80. The number of aryl methyl sites for hydroxylation is 1. The average Bonchev–Trinajstić information content (AvgIpc) is 2.53. The Morgan fingerprint density at radius 1 is 1.32 bits per heavy atom. The van der Waals surface area contributed by atoms with Crippen LogP contribution in [0.3, 0.4) is 0 Å². The summed E-state index contributed by atoms with van der Waals surface area (Å²) < 4.78 is 5.18. The van der Waals surface area contributed by atoms with Crippen LogP contribution in [-0.2, 0) is 16.0 Å². The van der Waals surface area contributed by atoms with Gasteiger partial charge in [-0.05, 0) is 42.9 Å². The number of ether oxygens (including phenoxy) is 1. The van der Waals surface area contributed by atoms with Crippen LogP contribution in [-0.4, -0.2) is 42.1 Å². The van der Waals surface area contributed by atoms with Gasteiger partial charge < -0.3 is 14.7 Å². The quantitative estimate of drug-likeness (QED) is 0.876. The Morgan fingerprint density at radius 2 is 2.05 bits per heavy atom. The third-order valence-electron chi connectivity index (χ3n) is 4.19. The number of hydrogen-bond donors (Lipinski definition) is 1. The molecule has 22 heavy (non-hydrogen) atoms. The maximum atomic E-state index is 12.2. The maximum Gasteiger partial charge on any atom is 0.303 e. The number of rotatable bonds is 6. The highest BCUT2D eigenvalue weighted by Crippen LogP contribution is 2.21. The van der Waals surface area contributed by atoms with Gasteiger partial charge in [-0.2, -0.15) is 0 Å². The molecule has 1 aromatic rings. The minimum Gasteiger partial charge on any atom is -0.497 e. The first kappa shape index (κ1) is 16.3. The monoisotopic (exact) mass is 305 g/mol. The molecule has 1 heterocycles. The van der Waals surface area contributed by atoms with Crippen molar-refractivity contribution in [3.8, 4) is 5.75 Å². The summed E-state index contributed by atoms with van der Waals surface area (Å²) in [6, 6.07) is 7.76. The van der Waals surface area contributed by atoms with Gasteiger partial charge in [-0.1, -0.05) is 12.1 Å². The third-order valence-corrected chi connectivity index (χ3v) is 4.19. The zero-order valence-electron chi connectivity index (χ0n) is 13.0. The fourth-order valence-electron chi connectivity index (χ4n) is 2.87. The lowest BCUT2D eigenvalue weighted by molar-refractivity contribution is -0.138. The van der Waals surface area contributed by atoms with Gasteiger partial charge in [-0.3, -0.25) is 9.59 Å². The van der Waals surface area contributed by atoms with E-state index in [1.165, 1.54) is 0 Å². The summed E-state index contributed by atoms with van der Waals surface area (Å²) in [4.78, 5) is 24.8. The highest BCUT2D eigenvalue weighted by Gasteiger charge is 2.23. The van der Waals surface area contributed by atoms with Crippen molar-refractivity contribution < 1.29 is 19.4 Å². The second kappa shape index (κ2) is 7.82. The van der Waals surface area contributed by atoms with E-state index < -0.39 is 5.97 Å². The molecule has 1 aromatic carbocycles. The molecule has 1 aliphatic heterocycles. The molecule has 0 saturated carbocycles. The van der Waals surface area contributed by atoms with Crippen LogP contribution in [0, 0.1) is 5.92 Å². The van der Waals surface area contributed by atoms with E-state index in [2.05, 4.69) is 0 Å². The summed E-state index contributed by atoms with van der Waals surface area (Å²) >= 11 is 0. The zero-order valence-corrected chi connectivity index (χ0v) is 13.0. The van der Waals surface area contributed by atoms with E-state index in [9.17, 15) is 9.59 Å². The molecular formula is C17H23NO4. The standard InChI is InChI=1S/C17H23NO4/c1-22-15-4-2-3-13(11-15)5-6-16(19)18-9-7-14(8-10-18)12-17(20)21/h2-4,11,14H,5-10,12H2,1H3,(H,20,21). The SMILES string of the molecule is COc1cccc(CCC(=O)N2CCC(CC(=O)O)CC2)c1. The highest BCUT2D eigenvalue weighted by molar-refractivity contribution is 5.76. The Bertz CT molecular complexity index is 521. The van der Waals surface area contributed by atoms with Gasteiger partial charge in [0.05, 0.1) is 7.11 Å². The van der Waals surface area contributed by atoms with Crippen molar-refractivity contribution in [2.75, 3.05) is 20.2 Å². The van der Waals surface area contributed by atoms with E-state index in [0.717, 1.165) is 24.2 Å². The number of benzene rings is 1. The van der Waals surface area contributed by atoms with E-state index in [4.69, 9.17) is 9.84 Å². The maximum absolute atomic E-state index is 12.2. The molecule has 0 aromatic heterocycles. The third kappa shape index (κ3) is 4.76. The molecule has 0 unspecified atom stereocenters. The molecule has 1 N–H and O–H groups in total. The molecule has 120 valence electrons. The Kier molecular flexibility index (Phi) is 5.81. The molecule has 1 fully saturated rings. The molecule has 0 spiro atoms. The van der Waals surface area contributed by atoms with Crippen LogP contribution in [0.15, 0.2) is 24.3 Å². The number of piperidine rings is 1. The summed E-state index contributed by atoms with van der Waals surface area (Å²) in [7, 11) is 1.63. The summed E-state index contributed by atoms with van der Waals surface area (Å²) in [6.45, 7) is 1.35. The summed E-state index contributed by atoms with van der Waals surface area (Å²) in [5.41, 5.74) is 1.09. The van der Waals surface area contributed by atoms with Crippen LogP contribution in [0.4, 0.5) is 0 Å². The second-order valence-corrected chi connectivity index (χ2v) is 5.77. The first-order valence-corrected chi connectivity index (χ1v) is 7.71. The van der Waals surface area contributed by atoms with Crippen molar-refractivity contribution in [3.63, 3.8) is 0 Å². The normalized spacial score (nSPS) is 15.6. The Balaban J connectivity index is 1.77. The molecule has 0 atom stereocenters. The van der Waals surface area contributed by atoms with Gasteiger partial charge in [0.25, 0.3) is 0 Å². The number of amides is 1. The van der Waals surface area contributed by atoms with Gasteiger partial charge in [-0.25, -0.2) is 0 Å². The van der Waals surface area contributed by atoms with Crippen LogP contribution >= 0.6 is 0 Å². The van der Waals surface area contributed by atoms with Gasteiger partial charge >= 0.3 is 5.97 Å². The van der Waals surface area contributed by atoms with Gasteiger partial charge in [0.1, 0.15) is 5.75 Å². The van der Waals surface area contributed by atoms with Crippen molar-refractivity contribution in [1.29, 1.82) is 0 Å². The van der Waals surface area contributed by atoms with Gasteiger partial charge in [0, 0.05) is 25.9 Å². The molecular weight excluding hydrogens is 282 g/mol. The van der Waals surface area contributed by atoms with Gasteiger partial charge in [-0.15, -0.1) is 0 Å². The number of carboxylic acid groups (broad SMARTS) is 1. The zero-order chi connectivity index (χ0) is 15.9. The fourth-order valence-corrected chi connectivity index (χ4v) is 2.87. The number of aliphatic carboxylic acids is 1. The predicted molar refractivity (Wildman–Crippen MR) is 82.9 cm³/mol. The molecule has 1 aliphatic rings. The molecule has 5 heteroatoms. The number of likely N-dealkylation sites (tertiary alicyclic amines) is 1. The molecule has 1 saturated heterocycles. The van der Waals surface area contributed by atoms with E-state index in [1.807, 2.05) is 29.2 Å². The predicted octanol–water partition coefficient (Wildman–Crippen LogP) is 2.34. The Hall–Kier alpha value is -2.04. The van der Waals surface area contributed by atoms with E-state index in [0.29, 0.717) is 25.9 Å². The number of carbonyl (C=O) groups excluding carboxylic acids is 1. The molecule has 0 aliphatic carbocycles. The van der Waals surface area contributed by atoms with Crippen LogP contribution in [0.2, 0.25) is 0 Å². The minimum atomic E-state index is -0.747. The lowest BCUT2D eigenvalue weighted by atomic mass is 9.93. The molecule has 5 nitrogen and oxygen atoms in total. The number of methoxy groups -OCH3 is 1. The fraction of sp³-hybridized carbons (Fsp3) is 0.529. The topological polar surface area (TPSA) is 66.8 Å². The Labute approximate surface area is 130 Å². The van der Waals surface area contributed by atoms with Crippen molar-refractivity contribution in [3.05, 3.63) is 29.8 Å². The first-order valence-electron chi connectivity index (χ1n) is 7.71. The largest absolute Gasteiger partial charge is 0.497 e. The Morgan fingerprint density at radius 3 is 2.68 bits per heavy atom. The van der Waals surface area contributed by atoms with Crippen molar-refractivity contribution in [2.45, 2.75) is 32.1 Å². The van der Waals surface area contributed by atoms with Crippen molar-refractivity contribution in [1.82, 2.24) is 4.90 Å². The summed E-state index contributed by atoms with van der Waals surface area (Å²) in [6.07, 6.45) is 2.97. The second-order valence-electron chi connectivity index (χ2n) is 5.77. The minimum absolute atomic E-state index is 0.150. The average molecular weight is 305 g/mol. The lowest BCUT2D eigenvalue weighted by Gasteiger charge is -2.31. The molecule has 0 bridgehead atoms. The number of nitrogens with zero attached hydrogens (tertiary/aromatic N) is 1. The van der Waals surface area contributed by atoms with Gasteiger partial charge in [0.15, 0.2) is 0 Å². The smallest absolute Gasteiger partial charge is 0.303 e. The lowest BCUT2D eigenvalue weighted by Crippen LogP contribution is -2.39. The van der Waals surface area contributed by atoms with Crippen LogP contribution < -0.4 is 4.74 Å². The van der Waals surface area contributed by atoms with Crippen molar-refractivity contribution >= 4 is 11.9 Å². The van der Waals surface area contributed by atoms with E-state index in [1.54, 1.807) is 7.11 Å². The number of carbonyl (C=O) groups is 2. The van der Waals surface area contributed by atoms with Crippen LogP contribution in [0.5, 0.6) is 5.75 Å². The van der Waals surface area contributed by atoms with E-state index >= 15 is 0 Å². The highest BCUT2D eigenvalue weighted by atomic mass is 16.5. The van der Waals surface area contributed by atoms with Crippen LogP contribution in [0.1, 0.15) is 31.2 Å². The molecule has 2 rings (SSSR count). The van der Waals surface area contributed by atoms with Gasteiger partial charge in [0.2, 0.25) is 5.91 Å². The van der Waals surface area contributed by atoms with E-state index in [-0.39, 0.29) is 18.2 Å². The number of hydrogen-bond acceptors (Lipinski definition) is 3. The molecule has 0 radical (unpaired) electrons. The first-order chi connectivity index (χ1) is 10.6. The summed E-state index contributed by atoms with van der Waals surface area (Å²) in [5.74, 6) is 0.416. The number of carboxylic acids is 1. The van der Waals surface area contributed by atoms with Crippen LogP contribution in [0.25, 0.3) is 0 Å². The van der Waals surface area contributed by atoms with Crippen molar-refractivity contribution in [2.24, 2.45) is 5.92 Å². The molecule has 1 amide bonds.